The van der Waals surface area contributed by atoms with Gasteiger partial charge in [-0.05, 0) is 45.1 Å². The minimum absolute atomic E-state index is 0.0342. The number of hydrogen-bond acceptors (Lipinski definition) is 6. The van der Waals surface area contributed by atoms with E-state index in [2.05, 4.69) is 22.9 Å². The molecule has 9 nitrogen and oxygen atoms in total. The number of carbonyl (C=O) groups is 4. The number of methoxy groups -OCH3 is 1. The van der Waals surface area contributed by atoms with E-state index in [1.54, 1.807) is 4.90 Å². The van der Waals surface area contributed by atoms with Gasteiger partial charge in [0.25, 0.3) is 0 Å². The minimum atomic E-state index is -0.836. The molecule has 0 radical (unpaired) electrons. The first-order valence-electron chi connectivity index (χ1n) is 14.7. The van der Waals surface area contributed by atoms with Crippen LogP contribution in [0.2, 0.25) is 0 Å². The Kier molecular flexibility index (Phi) is 15.2. The van der Waals surface area contributed by atoms with Gasteiger partial charge < -0.3 is 25.6 Å². The van der Waals surface area contributed by atoms with Gasteiger partial charge in [-0.2, -0.15) is 0 Å². The summed E-state index contributed by atoms with van der Waals surface area (Å²) in [6.07, 6.45) is 15.4. The van der Waals surface area contributed by atoms with Crippen LogP contribution in [0, 0.1) is 0 Å². The van der Waals surface area contributed by atoms with E-state index >= 15 is 0 Å². The molecule has 0 spiro atoms. The third-order valence-electron chi connectivity index (χ3n) is 7.52. The van der Waals surface area contributed by atoms with Gasteiger partial charge in [0.15, 0.2) is 0 Å². The molecule has 0 bridgehead atoms. The Labute approximate surface area is 223 Å². The molecule has 0 aromatic rings. The zero-order chi connectivity index (χ0) is 26.9. The lowest BCUT2D eigenvalue weighted by Crippen LogP contribution is -2.55. The van der Waals surface area contributed by atoms with Gasteiger partial charge in [-0.25, -0.2) is 0 Å². The number of amides is 3. The fraction of sp³-hybridized carbons (Fsp3) is 0.857. The first-order valence-corrected chi connectivity index (χ1v) is 14.7. The third kappa shape index (κ3) is 11.4. The SMILES string of the molecule is CCCCCCCCCCCCNC(=O)[C@H](CCC(=O)OC)NC(=O)[C@@H]1CCCN1C(=O)[C@H]1CCCN1. The number of nitrogens with one attached hydrogen (secondary N) is 3. The summed E-state index contributed by atoms with van der Waals surface area (Å²) in [6.45, 7) is 4.14. The summed E-state index contributed by atoms with van der Waals surface area (Å²) in [4.78, 5) is 52.3. The highest BCUT2D eigenvalue weighted by Gasteiger charge is 2.38. The van der Waals surface area contributed by atoms with Gasteiger partial charge in [0.2, 0.25) is 17.7 Å². The van der Waals surface area contributed by atoms with Gasteiger partial charge in [0.1, 0.15) is 12.1 Å². The fourth-order valence-corrected chi connectivity index (χ4v) is 5.25. The highest BCUT2D eigenvalue weighted by molar-refractivity contribution is 5.93. The van der Waals surface area contributed by atoms with E-state index in [4.69, 9.17) is 4.74 Å². The Morgan fingerprint density at radius 1 is 0.946 bits per heavy atom. The summed E-state index contributed by atoms with van der Waals surface area (Å²) >= 11 is 0. The third-order valence-corrected chi connectivity index (χ3v) is 7.52. The molecule has 2 saturated heterocycles. The number of nitrogens with zero attached hydrogens (tertiary/aromatic N) is 1. The lowest BCUT2D eigenvalue weighted by molar-refractivity contribution is -0.142. The average Bonchev–Trinajstić information content (AvgIpc) is 3.61. The second kappa shape index (κ2) is 18.2. The molecule has 0 aromatic carbocycles. The van der Waals surface area contributed by atoms with Gasteiger partial charge in [0, 0.05) is 19.5 Å². The van der Waals surface area contributed by atoms with Crippen molar-refractivity contribution in [2.24, 2.45) is 0 Å². The molecule has 2 rings (SSSR count). The summed E-state index contributed by atoms with van der Waals surface area (Å²) in [5.74, 6) is -1.08. The van der Waals surface area contributed by atoms with Gasteiger partial charge in [-0.15, -0.1) is 0 Å². The number of rotatable bonds is 18. The summed E-state index contributed by atoms with van der Waals surface area (Å²) in [5.41, 5.74) is 0. The van der Waals surface area contributed by atoms with E-state index in [1.165, 1.54) is 52.1 Å². The van der Waals surface area contributed by atoms with E-state index in [-0.39, 0.29) is 36.6 Å². The maximum absolute atomic E-state index is 13.1. The van der Waals surface area contributed by atoms with Crippen molar-refractivity contribution in [2.75, 3.05) is 26.7 Å². The monoisotopic (exact) mass is 522 g/mol. The van der Waals surface area contributed by atoms with Crippen LogP contribution in [0.15, 0.2) is 0 Å². The maximum atomic E-state index is 13.1. The molecule has 0 unspecified atom stereocenters. The number of hydrogen-bond donors (Lipinski definition) is 3. The van der Waals surface area contributed by atoms with E-state index in [1.807, 2.05) is 0 Å². The van der Waals surface area contributed by atoms with Crippen LogP contribution in [0.25, 0.3) is 0 Å². The number of likely N-dealkylation sites (tertiary alicyclic amines) is 1. The van der Waals surface area contributed by atoms with Gasteiger partial charge >= 0.3 is 5.97 Å². The van der Waals surface area contributed by atoms with E-state index in [0.29, 0.717) is 19.5 Å². The van der Waals surface area contributed by atoms with Gasteiger partial charge in [0.05, 0.1) is 13.2 Å². The predicted molar refractivity (Wildman–Crippen MR) is 144 cm³/mol. The van der Waals surface area contributed by atoms with E-state index in [0.717, 1.165) is 45.1 Å². The van der Waals surface area contributed by atoms with Crippen LogP contribution in [0.4, 0.5) is 0 Å². The molecule has 212 valence electrons. The van der Waals surface area contributed by atoms with Crippen molar-refractivity contribution in [3.05, 3.63) is 0 Å². The average molecular weight is 523 g/mol. The van der Waals surface area contributed by atoms with Crippen molar-refractivity contribution in [3.8, 4) is 0 Å². The molecule has 2 aliphatic heterocycles. The van der Waals surface area contributed by atoms with Crippen molar-refractivity contribution < 1.29 is 23.9 Å². The second-order valence-electron chi connectivity index (χ2n) is 10.5. The molecule has 0 aromatic heterocycles. The molecule has 0 saturated carbocycles. The molecule has 9 heteroatoms. The normalized spacial score (nSPS) is 20.0. The van der Waals surface area contributed by atoms with Gasteiger partial charge in [-0.3, -0.25) is 19.2 Å². The highest BCUT2D eigenvalue weighted by Crippen LogP contribution is 2.21. The van der Waals surface area contributed by atoms with Crippen LogP contribution in [0.5, 0.6) is 0 Å². The lowest BCUT2D eigenvalue weighted by Gasteiger charge is -2.28. The van der Waals surface area contributed by atoms with Crippen LogP contribution in [0.1, 0.15) is 110 Å². The number of carbonyl (C=O) groups excluding carboxylic acids is 4. The Morgan fingerprint density at radius 3 is 2.24 bits per heavy atom. The lowest BCUT2D eigenvalue weighted by atomic mass is 10.1. The van der Waals surface area contributed by atoms with Crippen molar-refractivity contribution in [1.29, 1.82) is 0 Å². The van der Waals surface area contributed by atoms with Crippen LogP contribution >= 0.6 is 0 Å². The topological polar surface area (TPSA) is 117 Å². The predicted octanol–water partition coefficient (Wildman–Crippen LogP) is 3.20. The van der Waals surface area contributed by atoms with Crippen molar-refractivity contribution >= 4 is 23.7 Å². The molecule has 2 fully saturated rings. The summed E-state index contributed by atoms with van der Waals surface area (Å²) in [7, 11) is 1.31. The van der Waals surface area contributed by atoms with Crippen molar-refractivity contribution in [3.63, 3.8) is 0 Å². The highest BCUT2D eigenvalue weighted by atomic mass is 16.5. The summed E-state index contributed by atoms with van der Waals surface area (Å²) in [6, 6.07) is -1.64. The molecule has 0 aliphatic carbocycles. The Morgan fingerprint density at radius 2 is 1.62 bits per heavy atom. The first-order chi connectivity index (χ1) is 18.0. The van der Waals surface area contributed by atoms with Crippen LogP contribution in [-0.2, 0) is 23.9 Å². The standard InChI is InChI=1S/C28H50N4O5/c1-3-4-5-6-7-8-9-10-11-12-19-30-26(34)22(17-18-25(33)37-2)31-27(35)24-16-14-21-32(24)28(36)23-15-13-20-29-23/h22-24,29H,3-21H2,1-2H3,(H,30,34)(H,31,35)/t22-,23+,24-/m0/s1. The number of ether oxygens (including phenoxy) is 1. The number of unbranched alkanes of at least 4 members (excludes halogenated alkanes) is 9. The Bertz CT molecular complexity index is 711. The van der Waals surface area contributed by atoms with Crippen LogP contribution < -0.4 is 16.0 Å². The summed E-state index contributed by atoms with van der Waals surface area (Å²) < 4.78 is 4.72. The zero-order valence-corrected chi connectivity index (χ0v) is 23.2. The molecule has 37 heavy (non-hydrogen) atoms. The molecule has 2 aliphatic rings. The second-order valence-corrected chi connectivity index (χ2v) is 10.5. The molecule has 2 heterocycles. The summed E-state index contributed by atoms with van der Waals surface area (Å²) in [5, 5.41) is 8.97. The van der Waals surface area contributed by atoms with Gasteiger partial charge in [-0.1, -0.05) is 64.7 Å². The quantitative estimate of drug-likeness (QED) is 0.188. The number of esters is 1. The minimum Gasteiger partial charge on any atom is -0.469 e. The molecule has 3 atom stereocenters. The van der Waals surface area contributed by atoms with Crippen molar-refractivity contribution in [1.82, 2.24) is 20.9 Å². The zero-order valence-electron chi connectivity index (χ0n) is 23.2. The molecule has 3 amide bonds. The molecular formula is C28H50N4O5. The van der Waals surface area contributed by atoms with Crippen molar-refractivity contribution in [2.45, 2.75) is 128 Å². The smallest absolute Gasteiger partial charge is 0.305 e. The maximum Gasteiger partial charge on any atom is 0.305 e. The van der Waals surface area contributed by atoms with Crippen LogP contribution in [-0.4, -0.2) is 73.5 Å². The van der Waals surface area contributed by atoms with E-state index < -0.39 is 18.1 Å². The van der Waals surface area contributed by atoms with E-state index in [9.17, 15) is 19.2 Å². The largest absolute Gasteiger partial charge is 0.469 e. The van der Waals surface area contributed by atoms with Crippen LogP contribution in [0.3, 0.4) is 0 Å². The Hall–Kier alpha value is -2.16. The fourth-order valence-electron chi connectivity index (χ4n) is 5.25. The molecular weight excluding hydrogens is 472 g/mol. The molecule has 3 N–H and O–H groups in total. The Balaban J connectivity index is 1.77. The first kappa shape index (κ1) is 31.1.